The summed E-state index contributed by atoms with van der Waals surface area (Å²) in [5.74, 6) is -1.55. The van der Waals surface area contributed by atoms with Crippen LogP contribution in [0.1, 0.15) is 45.4 Å². The number of anilines is 1. The first kappa shape index (κ1) is 21.2. The molecule has 1 heterocycles. The number of hydrogen-bond acceptors (Lipinski definition) is 5. The lowest BCUT2D eigenvalue weighted by Gasteiger charge is -2.34. The van der Waals surface area contributed by atoms with Crippen molar-refractivity contribution in [2.75, 3.05) is 11.9 Å². The third-order valence-corrected chi connectivity index (χ3v) is 6.06. The third-order valence-electron chi connectivity index (χ3n) is 5.10. The monoisotopic (exact) mass is 392 g/mol. The second-order valence-electron chi connectivity index (χ2n) is 7.19. The maximum absolute atomic E-state index is 10.7. The van der Waals surface area contributed by atoms with Gasteiger partial charge in [0.15, 0.2) is 0 Å². The quantitative estimate of drug-likeness (QED) is 0.587. The molecular formula is C20H28N2O4S. The van der Waals surface area contributed by atoms with Gasteiger partial charge in [-0.15, -0.1) is 11.3 Å². The number of benzene rings is 1. The molecule has 1 aromatic heterocycles. The Bertz CT molecular complexity index is 768. The lowest BCUT2D eigenvalue weighted by molar-refractivity contribution is -0.140. The lowest BCUT2D eigenvalue weighted by Crippen LogP contribution is -2.34. The number of hydrogen-bond donors (Lipinski definition) is 4. The van der Waals surface area contributed by atoms with Crippen molar-refractivity contribution in [1.82, 2.24) is 0 Å². The fourth-order valence-electron chi connectivity index (χ4n) is 3.46. The summed E-state index contributed by atoms with van der Waals surface area (Å²) in [5.41, 5.74) is 6.44. The zero-order valence-electron chi connectivity index (χ0n) is 15.6. The lowest BCUT2D eigenvalue weighted by atomic mass is 9.72. The number of carboxylic acid groups (broad SMARTS) is 2. The molecule has 0 aliphatic heterocycles. The predicted octanol–water partition coefficient (Wildman–Crippen LogP) is 4.16. The number of thiophene rings is 1. The summed E-state index contributed by atoms with van der Waals surface area (Å²) in [7, 11) is 0. The van der Waals surface area contributed by atoms with E-state index in [9.17, 15) is 9.59 Å². The van der Waals surface area contributed by atoms with Crippen LogP contribution in [0.15, 0.2) is 29.6 Å². The van der Waals surface area contributed by atoms with Crippen LogP contribution in [-0.4, -0.2) is 34.7 Å². The zero-order valence-corrected chi connectivity index (χ0v) is 16.4. The van der Waals surface area contributed by atoms with Crippen molar-refractivity contribution in [3.8, 4) is 0 Å². The van der Waals surface area contributed by atoms with Crippen molar-refractivity contribution in [1.29, 1.82) is 0 Å². The molecule has 0 unspecified atom stereocenters. The SMILES string of the molecule is C[C@H](Nc1csc2ccccc12)C(=O)O.NCC1(CC(=O)O)CCCCC1. The van der Waals surface area contributed by atoms with Crippen molar-refractivity contribution in [2.45, 2.75) is 51.5 Å². The van der Waals surface area contributed by atoms with Gasteiger partial charge in [0.05, 0.1) is 12.1 Å². The number of nitrogens with one attached hydrogen (secondary N) is 1. The number of aliphatic carboxylic acids is 2. The van der Waals surface area contributed by atoms with Gasteiger partial charge in [0.25, 0.3) is 0 Å². The molecule has 27 heavy (non-hydrogen) atoms. The molecule has 0 bridgehead atoms. The Hall–Kier alpha value is -2.12. The van der Waals surface area contributed by atoms with Crippen LogP contribution in [0.2, 0.25) is 0 Å². The Morgan fingerprint density at radius 1 is 1.22 bits per heavy atom. The van der Waals surface area contributed by atoms with Gasteiger partial charge >= 0.3 is 11.9 Å². The molecule has 1 atom stereocenters. The summed E-state index contributed by atoms with van der Waals surface area (Å²) >= 11 is 1.61. The molecule has 0 saturated heterocycles. The highest BCUT2D eigenvalue weighted by Gasteiger charge is 2.32. The van der Waals surface area contributed by atoms with Crippen molar-refractivity contribution < 1.29 is 19.8 Å². The standard InChI is InChI=1S/C11H11NO2S.C9H17NO2/c1-7(11(13)14)12-9-6-15-10-5-3-2-4-8(9)10;10-7-9(6-8(11)12)4-2-1-3-5-9/h2-7,12H,1H3,(H,13,14);1-7,10H2,(H,11,12)/t7-;/m0./s1. The van der Waals surface area contributed by atoms with E-state index in [-0.39, 0.29) is 11.8 Å². The summed E-state index contributed by atoms with van der Waals surface area (Å²) in [4.78, 5) is 21.3. The average Bonchev–Trinajstić information content (AvgIpc) is 3.05. The summed E-state index contributed by atoms with van der Waals surface area (Å²) in [6.45, 7) is 2.16. The van der Waals surface area contributed by atoms with E-state index in [1.54, 1.807) is 18.3 Å². The first-order valence-corrected chi connectivity index (χ1v) is 10.1. The Labute approximate surface area is 163 Å². The van der Waals surface area contributed by atoms with E-state index in [1.165, 1.54) is 6.42 Å². The smallest absolute Gasteiger partial charge is 0.325 e. The first-order valence-electron chi connectivity index (χ1n) is 9.24. The molecule has 1 saturated carbocycles. The van der Waals surface area contributed by atoms with E-state index in [0.717, 1.165) is 41.5 Å². The molecular weight excluding hydrogens is 364 g/mol. The van der Waals surface area contributed by atoms with Crippen molar-refractivity contribution >= 4 is 39.0 Å². The Balaban J connectivity index is 0.000000199. The Morgan fingerprint density at radius 2 is 1.89 bits per heavy atom. The zero-order chi connectivity index (χ0) is 19.9. The summed E-state index contributed by atoms with van der Waals surface area (Å²) in [6.07, 6.45) is 5.77. The van der Waals surface area contributed by atoms with E-state index in [4.69, 9.17) is 15.9 Å². The molecule has 0 spiro atoms. The van der Waals surface area contributed by atoms with Gasteiger partial charge in [-0.25, -0.2) is 0 Å². The van der Waals surface area contributed by atoms with Crippen LogP contribution in [0, 0.1) is 5.41 Å². The van der Waals surface area contributed by atoms with Gasteiger partial charge in [0.2, 0.25) is 0 Å². The van der Waals surface area contributed by atoms with Gasteiger partial charge in [0.1, 0.15) is 6.04 Å². The van der Waals surface area contributed by atoms with Crippen LogP contribution in [0.4, 0.5) is 5.69 Å². The highest BCUT2D eigenvalue weighted by molar-refractivity contribution is 7.17. The van der Waals surface area contributed by atoms with Gasteiger partial charge in [0, 0.05) is 15.5 Å². The van der Waals surface area contributed by atoms with Crippen LogP contribution in [0.25, 0.3) is 10.1 Å². The number of rotatable bonds is 6. The molecule has 0 radical (unpaired) electrons. The molecule has 5 N–H and O–H groups in total. The van der Waals surface area contributed by atoms with Crippen LogP contribution in [-0.2, 0) is 9.59 Å². The number of carboxylic acids is 2. The number of fused-ring (bicyclic) bond motifs is 1. The first-order chi connectivity index (χ1) is 12.9. The minimum Gasteiger partial charge on any atom is -0.481 e. The molecule has 1 aromatic carbocycles. The molecule has 2 aromatic rings. The van der Waals surface area contributed by atoms with E-state index in [2.05, 4.69) is 5.32 Å². The van der Waals surface area contributed by atoms with Crippen molar-refractivity contribution in [3.05, 3.63) is 29.6 Å². The van der Waals surface area contributed by atoms with Crippen LogP contribution in [0.5, 0.6) is 0 Å². The van der Waals surface area contributed by atoms with E-state index >= 15 is 0 Å². The Morgan fingerprint density at radius 3 is 2.48 bits per heavy atom. The molecule has 6 nitrogen and oxygen atoms in total. The fourth-order valence-corrected chi connectivity index (χ4v) is 4.36. The fraction of sp³-hybridized carbons (Fsp3) is 0.500. The summed E-state index contributed by atoms with van der Waals surface area (Å²) < 4.78 is 1.16. The maximum Gasteiger partial charge on any atom is 0.325 e. The topological polar surface area (TPSA) is 113 Å². The van der Waals surface area contributed by atoms with Gasteiger partial charge in [-0.2, -0.15) is 0 Å². The van der Waals surface area contributed by atoms with Gasteiger partial charge in [-0.1, -0.05) is 37.5 Å². The highest BCUT2D eigenvalue weighted by Crippen LogP contribution is 2.38. The normalized spacial score (nSPS) is 16.8. The minimum atomic E-state index is -0.842. The molecule has 148 valence electrons. The maximum atomic E-state index is 10.7. The minimum absolute atomic E-state index is 0.0793. The second kappa shape index (κ2) is 9.71. The number of carbonyl (C=O) groups is 2. The molecule has 1 aliphatic rings. The molecule has 1 aliphatic carbocycles. The molecule has 0 amide bonds. The van der Waals surface area contributed by atoms with Crippen molar-refractivity contribution in [2.24, 2.45) is 11.1 Å². The van der Waals surface area contributed by atoms with Gasteiger partial charge in [-0.3, -0.25) is 9.59 Å². The predicted molar refractivity (Wildman–Crippen MR) is 109 cm³/mol. The van der Waals surface area contributed by atoms with E-state index in [1.807, 2.05) is 29.6 Å². The average molecular weight is 393 g/mol. The van der Waals surface area contributed by atoms with Crippen LogP contribution in [0.3, 0.4) is 0 Å². The van der Waals surface area contributed by atoms with E-state index in [0.29, 0.717) is 6.54 Å². The van der Waals surface area contributed by atoms with Gasteiger partial charge < -0.3 is 21.3 Å². The van der Waals surface area contributed by atoms with E-state index < -0.39 is 18.0 Å². The Kier molecular flexibility index (Phi) is 7.62. The molecule has 7 heteroatoms. The number of nitrogens with two attached hydrogens (primary N) is 1. The van der Waals surface area contributed by atoms with Crippen LogP contribution < -0.4 is 11.1 Å². The van der Waals surface area contributed by atoms with Crippen molar-refractivity contribution in [3.63, 3.8) is 0 Å². The highest BCUT2D eigenvalue weighted by atomic mass is 32.1. The molecule has 1 fully saturated rings. The van der Waals surface area contributed by atoms with Crippen LogP contribution >= 0.6 is 11.3 Å². The third kappa shape index (κ3) is 5.94. The summed E-state index contributed by atoms with van der Waals surface area (Å²) in [6, 6.07) is 7.37. The second-order valence-corrected chi connectivity index (χ2v) is 8.10. The largest absolute Gasteiger partial charge is 0.481 e. The summed E-state index contributed by atoms with van der Waals surface area (Å²) in [5, 5.41) is 23.5. The van der Waals surface area contributed by atoms with Gasteiger partial charge in [-0.05, 0) is 37.8 Å². The molecule has 3 rings (SSSR count).